The van der Waals surface area contributed by atoms with Crippen LogP contribution in [0.4, 0.5) is 17.5 Å². The van der Waals surface area contributed by atoms with Gasteiger partial charge in [-0.2, -0.15) is 4.98 Å². The smallest absolute Gasteiger partial charge is 0.338 e. The minimum absolute atomic E-state index is 0. The number of halogens is 2. The number of aromatic nitrogens is 2. The third-order valence-corrected chi connectivity index (χ3v) is 4.31. The normalized spacial score (nSPS) is 10.1. The van der Waals surface area contributed by atoms with E-state index in [4.69, 9.17) is 22.1 Å². The number of carboxylic acid groups (broad SMARTS) is 1. The molecule has 1 aromatic heterocycles. The molecule has 0 amide bonds. The topological polar surface area (TPSA) is 127 Å². The molecule has 0 aliphatic carbocycles. The minimum Gasteiger partial charge on any atom is -0.478 e. The van der Waals surface area contributed by atoms with Gasteiger partial charge in [0.25, 0.3) is 0 Å². The van der Waals surface area contributed by atoms with Crippen LogP contribution in [0.25, 0.3) is 11.3 Å². The van der Waals surface area contributed by atoms with Crippen LogP contribution in [0.1, 0.15) is 27.6 Å². The Bertz CT molecular complexity index is 1070. The lowest BCUT2D eigenvalue weighted by atomic mass is 10.0. The lowest BCUT2D eigenvalue weighted by Crippen LogP contribution is -2.06. The van der Waals surface area contributed by atoms with Gasteiger partial charge in [-0.25, -0.2) is 14.6 Å². The number of rotatable bonds is 6. The third kappa shape index (κ3) is 4.97. The molecular weight excluding hydrogens is 431 g/mol. The molecule has 8 nitrogen and oxygen atoms in total. The van der Waals surface area contributed by atoms with Crippen LogP contribution in [0.3, 0.4) is 0 Å². The Balaban J connectivity index is 0.00000320. The molecule has 0 unspecified atom stereocenters. The first-order valence-electron chi connectivity index (χ1n) is 8.60. The van der Waals surface area contributed by atoms with E-state index in [2.05, 4.69) is 15.3 Å². The lowest BCUT2D eigenvalue weighted by Gasteiger charge is -2.12. The van der Waals surface area contributed by atoms with Gasteiger partial charge >= 0.3 is 11.9 Å². The first kappa shape index (κ1) is 22.9. The Labute approximate surface area is 183 Å². The largest absolute Gasteiger partial charge is 0.478 e. The van der Waals surface area contributed by atoms with Crippen molar-refractivity contribution in [2.45, 2.75) is 6.92 Å². The van der Waals surface area contributed by atoms with E-state index >= 15 is 0 Å². The highest BCUT2D eigenvalue weighted by Gasteiger charge is 2.18. The predicted octanol–water partition coefficient (Wildman–Crippen LogP) is 4.42. The molecule has 10 heteroatoms. The molecule has 156 valence electrons. The van der Waals surface area contributed by atoms with Crippen LogP contribution in [-0.4, -0.2) is 33.6 Å². The van der Waals surface area contributed by atoms with E-state index in [1.807, 2.05) is 0 Å². The number of hydrogen-bond acceptors (Lipinski definition) is 7. The zero-order chi connectivity index (χ0) is 21.0. The summed E-state index contributed by atoms with van der Waals surface area (Å²) in [5.41, 5.74) is 7.46. The number of esters is 1. The van der Waals surface area contributed by atoms with Crippen molar-refractivity contribution in [2.75, 3.05) is 17.7 Å². The molecule has 0 atom stereocenters. The molecule has 0 saturated heterocycles. The molecule has 1 heterocycles. The number of nitrogens with one attached hydrogen (secondary N) is 1. The molecule has 0 spiro atoms. The summed E-state index contributed by atoms with van der Waals surface area (Å²) in [7, 11) is 0. The van der Waals surface area contributed by atoms with E-state index in [1.165, 1.54) is 6.07 Å². The highest BCUT2D eigenvalue weighted by atomic mass is 35.5. The van der Waals surface area contributed by atoms with Gasteiger partial charge in [0.2, 0.25) is 5.95 Å². The van der Waals surface area contributed by atoms with E-state index in [0.29, 0.717) is 16.8 Å². The molecule has 0 fully saturated rings. The van der Waals surface area contributed by atoms with E-state index in [0.717, 1.165) is 0 Å². The van der Waals surface area contributed by atoms with Crippen molar-refractivity contribution in [2.24, 2.45) is 0 Å². The molecule has 3 aromatic rings. The second-order valence-corrected chi connectivity index (χ2v) is 6.25. The number of benzene rings is 2. The van der Waals surface area contributed by atoms with Crippen molar-refractivity contribution in [3.8, 4) is 11.3 Å². The van der Waals surface area contributed by atoms with Gasteiger partial charge in [-0.05, 0) is 37.3 Å². The first-order chi connectivity index (χ1) is 13.9. The number of aromatic carboxylic acids is 1. The quantitative estimate of drug-likeness (QED) is 0.472. The molecule has 0 radical (unpaired) electrons. The molecule has 0 aliphatic heterocycles. The molecule has 0 aliphatic rings. The number of hydrogen-bond donors (Lipinski definition) is 3. The molecular formula is C20H18Cl2N4O4. The fourth-order valence-electron chi connectivity index (χ4n) is 2.61. The second-order valence-electron chi connectivity index (χ2n) is 5.87. The number of nitrogens with two attached hydrogens (primary N) is 1. The summed E-state index contributed by atoms with van der Waals surface area (Å²) in [6.45, 7) is 2.02. The van der Waals surface area contributed by atoms with E-state index in [1.54, 1.807) is 49.4 Å². The van der Waals surface area contributed by atoms with Crippen LogP contribution >= 0.6 is 24.0 Å². The highest BCUT2D eigenvalue weighted by molar-refractivity contribution is 6.35. The monoisotopic (exact) mass is 448 g/mol. The Morgan fingerprint density at radius 2 is 1.80 bits per heavy atom. The lowest BCUT2D eigenvalue weighted by molar-refractivity contribution is 0.0526. The van der Waals surface area contributed by atoms with Crippen LogP contribution in [0.2, 0.25) is 5.02 Å². The maximum Gasteiger partial charge on any atom is 0.338 e. The Morgan fingerprint density at radius 3 is 2.43 bits per heavy atom. The van der Waals surface area contributed by atoms with E-state index in [9.17, 15) is 14.7 Å². The van der Waals surface area contributed by atoms with Gasteiger partial charge in [-0.1, -0.05) is 29.8 Å². The Morgan fingerprint density at radius 1 is 1.13 bits per heavy atom. The van der Waals surface area contributed by atoms with Gasteiger partial charge in [-0.3, -0.25) is 0 Å². The average Bonchev–Trinajstić information content (AvgIpc) is 2.71. The molecule has 3 rings (SSSR count). The minimum atomic E-state index is -1.11. The number of anilines is 3. The van der Waals surface area contributed by atoms with Crippen LogP contribution in [0.5, 0.6) is 0 Å². The summed E-state index contributed by atoms with van der Waals surface area (Å²) in [6, 6.07) is 12.8. The van der Waals surface area contributed by atoms with Crippen molar-refractivity contribution in [1.29, 1.82) is 0 Å². The summed E-state index contributed by atoms with van der Waals surface area (Å²) in [4.78, 5) is 31.7. The standard InChI is InChI=1S/C20H17ClN4O4.ClH/c1-2-29-19(28)11-7-9-12(10-8-11)23-20-24-16(15(21)17(22)25-20)13-5-3-4-6-14(13)18(26)27;/h3-10H,2H2,1H3,(H,26,27)(H3,22,23,24,25);1H. The van der Waals surface area contributed by atoms with Gasteiger partial charge in [-0.15, -0.1) is 12.4 Å². The van der Waals surface area contributed by atoms with Gasteiger partial charge < -0.3 is 20.9 Å². The van der Waals surface area contributed by atoms with E-state index < -0.39 is 11.9 Å². The number of ether oxygens (including phenoxy) is 1. The van der Waals surface area contributed by atoms with Gasteiger partial charge in [0.15, 0.2) is 0 Å². The number of carbonyl (C=O) groups is 2. The zero-order valence-electron chi connectivity index (χ0n) is 15.8. The number of nitrogens with zero attached hydrogens (tertiary/aromatic N) is 2. The fourth-order valence-corrected chi connectivity index (χ4v) is 2.79. The van der Waals surface area contributed by atoms with Gasteiger partial charge in [0.05, 0.1) is 23.4 Å². The van der Waals surface area contributed by atoms with Crippen LogP contribution in [0.15, 0.2) is 48.5 Å². The summed E-state index contributed by atoms with van der Waals surface area (Å²) in [5, 5.41) is 12.5. The Kier molecular flexibility index (Phi) is 7.57. The van der Waals surface area contributed by atoms with Crippen LogP contribution < -0.4 is 11.1 Å². The highest BCUT2D eigenvalue weighted by Crippen LogP contribution is 2.33. The second kappa shape index (κ2) is 9.91. The average molecular weight is 449 g/mol. The summed E-state index contributed by atoms with van der Waals surface area (Å²) in [6.07, 6.45) is 0. The molecule has 4 N–H and O–H groups in total. The molecule has 0 bridgehead atoms. The number of nitrogen functional groups attached to an aromatic ring is 1. The molecule has 2 aromatic carbocycles. The maximum atomic E-state index is 11.7. The summed E-state index contributed by atoms with van der Waals surface area (Å²) >= 11 is 6.24. The van der Waals surface area contributed by atoms with Gasteiger partial charge in [0.1, 0.15) is 10.8 Å². The summed E-state index contributed by atoms with van der Waals surface area (Å²) in [5.74, 6) is -1.40. The predicted molar refractivity (Wildman–Crippen MR) is 117 cm³/mol. The van der Waals surface area contributed by atoms with Crippen molar-refractivity contribution >= 4 is 53.4 Å². The van der Waals surface area contributed by atoms with Crippen molar-refractivity contribution in [3.63, 3.8) is 0 Å². The number of carbonyl (C=O) groups excluding carboxylic acids is 1. The molecule has 30 heavy (non-hydrogen) atoms. The third-order valence-electron chi connectivity index (χ3n) is 3.94. The fraction of sp³-hybridized carbons (Fsp3) is 0.100. The molecule has 0 saturated carbocycles. The first-order valence-corrected chi connectivity index (χ1v) is 8.98. The van der Waals surface area contributed by atoms with Crippen molar-refractivity contribution in [3.05, 3.63) is 64.7 Å². The van der Waals surface area contributed by atoms with E-state index in [-0.39, 0.29) is 47.1 Å². The van der Waals surface area contributed by atoms with Gasteiger partial charge in [0, 0.05) is 11.3 Å². The summed E-state index contributed by atoms with van der Waals surface area (Å²) < 4.78 is 4.95. The van der Waals surface area contributed by atoms with Crippen LogP contribution in [-0.2, 0) is 4.74 Å². The van der Waals surface area contributed by atoms with Crippen molar-refractivity contribution < 1.29 is 19.4 Å². The number of carboxylic acids is 1. The zero-order valence-corrected chi connectivity index (χ0v) is 17.3. The Hall–Kier alpha value is -3.36. The SMILES string of the molecule is CCOC(=O)c1ccc(Nc2nc(N)c(Cl)c(-c3ccccc3C(=O)O)n2)cc1.Cl. The van der Waals surface area contributed by atoms with Crippen LogP contribution in [0, 0.1) is 0 Å². The maximum absolute atomic E-state index is 11.7. The van der Waals surface area contributed by atoms with Crippen molar-refractivity contribution in [1.82, 2.24) is 9.97 Å².